The first-order chi connectivity index (χ1) is 11.1. The van der Waals surface area contributed by atoms with Gasteiger partial charge in [0.25, 0.3) is 0 Å². The fourth-order valence-electron chi connectivity index (χ4n) is 2.71. The zero-order chi connectivity index (χ0) is 16.7. The molecule has 0 saturated carbocycles. The van der Waals surface area contributed by atoms with Crippen LogP contribution in [0.15, 0.2) is 24.3 Å². The highest BCUT2D eigenvalue weighted by atomic mass is 35.5. The Morgan fingerprint density at radius 2 is 2.17 bits per heavy atom. The second-order valence-corrected chi connectivity index (χ2v) is 6.19. The molecule has 0 spiro atoms. The summed E-state index contributed by atoms with van der Waals surface area (Å²) in [7, 11) is 1.62. The average molecular weight is 342 g/mol. The maximum Gasteiger partial charge on any atom is 0.237 e. The normalized spacial score (nSPS) is 21.0. The molecule has 1 saturated heterocycles. The first-order valence-corrected chi connectivity index (χ1v) is 8.36. The number of benzene rings is 1. The van der Waals surface area contributed by atoms with Gasteiger partial charge in [0, 0.05) is 19.7 Å². The summed E-state index contributed by atoms with van der Waals surface area (Å²) in [5.41, 5.74) is 0.152. The number of ether oxygens (including phenoxy) is 2. The van der Waals surface area contributed by atoms with Crippen molar-refractivity contribution in [1.82, 2.24) is 4.90 Å². The lowest BCUT2D eigenvalue weighted by atomic mass is 9.93. The molecule has 1 heterocycles. The van der Waals surface area contributed by atoms with E-state index in [4.69, 9.17) is 21.1 Å². The molecule has 0 aliphatic carbocycles. The van der Waals surface area contributed by atoms with E-state index in [1.807, 2.05) is 24.3 Å². The molecule has 1 aliphatic rings. The monoisotopic (exact) mass is 341 g/mol. The molecule has 1 aromatic carbocycles. The minimum atomic E-state index is -0.844. The number of hydrogen-bond acceptors (Lipinski definition) is 4. The van der Waals surface area contributed by atoms with E-state index in [0.717, 1.165) is 17.7 Å². The summed E-state index contributed by atoms with van der Waals surface area (Å²) in [6, 6.07) is 7.57. The van der Waals surface area contributed by atoms with Crippen molar-refractivity contribution < 1.29 is 19.4 Å². The van der Waals surface area contributed by atoms with Gasteiger partial charge in [0.15, 0.2) is 0 Å². The van der Waals surface area contributed by atoms with Gasteiger partial charge in [0.05, 0.1) is 19.3 Å². The number of halogens is 1. The number of amides is 1. The van der Waals surface area contributed by atoms with Crippen LogP contribution in [0.4, 0.5) is 0 Å². The van der Waals surface area contributed by atoms with Gasteiger partial charge in [-0.2, -0.15) is 0 Å². The van der Waals surface area contributed by atoms with Crippen LogP contribution in [0.5, 0.6) is 5.75 Å². The van der Waals surface area contributed by atoms with Crippen LogP contribution in [0.3, 0.4) is 0 Å². The van der Waals surface area contributed by atoms with Crippen LogP contribution >= 0.6 is 11.6 Å². The second-order valence-electron chi connectivity index (χ2n) is 5.93. The molecule has 1 atom stereocenters. The number of aliphatic hydroxyl groups is 1. The minimum Gasteiger partial charge on any atom is -0.497 e. The molecule has 1 unspecified atom stereocenters. The van der Waals surface area contributed by atoms with Crippen LogP contribution in [0.25, 0.3) is 0 Å². The van der Waals surface area contributed by atoms with Gasteiger partial charge in [-0.15, -0.1) is 11.6 Å². The Hall–Kier alpha value is -1.30. The van der Waals surface area contributed by atoms with Crippen LogP contribution in [0.2, 0.25) is 0 Å². The Bertz CT molecular complexity index is 500. The summed E-state index contributed by atoms with van der Waals surface area (Å²) in [6.07, 6.45) is 2.04. The van der Waals surface area contributed by atoms with Crippen molar-refractivity contribution in [3.63, 3.8) is 0 Å². The summed E-state index contributed by atoms with van der Waals surface area (Å²) in [4.78, 5) is 13.8. The Balaban J connectivity index is 1.97. The van der Waals surface area contributed by atoms with E-state index in [-0.39, 0.29) is 11.8 Å². The minimum absolute atomic E-state index is 0.0644. The highest BCUT2D eigenvalue weighted by Crippen LogP contribution is 2.23. The van der Waals surface area contributed by atoms with Gasteiger partial charge in [-0.3, -0.25) is 4.79 Å². The van der Waals surface area contributed by atoms with Crippen LogP contribution in [-0.4, -0.2) is 54.3 Å². The molecule has 0 radical (unpaired) electrons. The topological polar surface area (TPSA) is 59.0 Å². The Kier molecular flexibility index (Phi) is 6.69. The predicted octanol–water partition coefficient (Wildman–Crippen LogP) is 2.19. The molecule has 2 rings (SSSR count). The number of hydrogen-bond donors (Lipinski definition) is 1. The average Bonchev–Trinajstić information content (AvgIpc) is 2.59. The lowest BCUT2D eigenvalue weighted by Gasteiger charge is -2.34. The molecule has 1 aromatic rings. The number of rotatable bonds is 7. The van der Waals surface area contributed by atoms with Gasteiger partial charge in [0.2, 0.25) is 5.91 Å². The zero-order valence-electron chi connectivity index (χ0n) is 13.5. The number of methoxy groups -OCH3 is 1. The quantitative estimate of drug-likeness (QED) is 0.772. The van der Waals surface area contributed by atoms with Crippen molar-refractivity contribution >= 4 is 17.5 Å². The Labute approximate surface area is 142 Å². The fourth-order valence-corrected chi connectivity index (χ4v) is 2.87. The van der Waals surface area contributed by atoms with E-state index in [9.17, 15) is 9.90 Å². The van der Waals surface area contributed by atoms with Crippen LogP contribution < -0.4 is 4.74 Å². The van der Waals surface area contributed by atoms with Gasteiger partial charge in [0.1, 0.15) is 11.6 Å². The molecule has 0 bridgehead atoms. The predicted molar refractivity (Wildman–Crippen MR) is 88.8 cm³/mol. The van der Waals surface area contributed by atoms with E-state index in [0.29, 0.717) is 39.1 Å². The largest absolute Gasteiger partial charge is 0.497 e. The molecular formula is C17H24ClNO4. The Morgan fingerprint density at radius 3 is 2.74 bits per heavy atom. The molecule has 23 heavy (non-hydrogen) atoms. The van der Waals surface area contributed by atoms with Crippen LogP contribution in [-0.2, 0) is 16.1 Å². The van der Waals surface area contributed by atoms with E-state index in [1.165, 1.54) is 0 Å². The maximum atomic E-state index is 12.1. The third kappa shape index (κ3) is 5.37. The van der Waals surface area contributed by atoms with E-state index >= 15 is 0 Å². The number of nitrogens with zero attached hydrogens (tertiary/aromatic N) is 1. The van der Waals surface area contributed by atoms with Crippen molar-refractivity contribution in [2.45, 2.75) is 31.4 Å². The van der Waals surface area contributed by atoms with E-state index in [2.05, 4.69) is 0 Å². The molecule has 6 heteroatoms. The van der Waals surface area contributed by atoms with Crippen molar-refractivity contribution in [1.29, 1.82) is 0 Å². The van der Waals surface area contributed by atoms with Crippen molar-refractivity contribution in [2.75, 3.05) is 32.7 Å². The van der Waals surface area contributed by atoms with Gasteiger partial charge < -0.3 is 19.5 Å². The summed E-state index contributed by atoms with van der Waals surface area (Å²) in [5, 5.41) is 10.5. The SMILES string of the molecule is COc1ccc(CN(CCC2(O)CCCOC2)C(=O)CCl)cc1. The zero-order valence-corrected chi connectivity index (χ0v) is 14.2. The molecule has 1 N–H and O–H groups in total. The van der Waals surface area contributed by atoms with Crippen molar-refractivity contribution in [3.05, 3.63) is 29.8 Å². The molecular weight excluding hydrogens is 318 g/mol. The second kappa shape index (κ2) is 8.52. The van der Waals surface area contributed by atoms with Gasteiger partial charge in [-0.05, 0) is 37.0 Å². The number of alkyl halides is 1. The first-order valence-electron chi connectivity index (χ1n) is 7.83. The van der Waals surface area contributed by atoms with Gasteiger partial charge >= 0.3 is 0 Å². The lowest BCUT2D eigenvalue weighted by Crippen LogP contribution is -2.43. The van der Waals surface area contributed by atoms with Crippen LogP contribution in [0, 0.1) is 0 Å². The summed E-state index contributed by atoms with van der Waals surface area (Å²) < 4.78 is 10.5. The summed E-state index contributed by atoms with van der Waals surface area (Å²) >= 11 is 5.72. The summed E-state index contributed by atoms with van der Waals surface area (Å²) in [6.45, 7) is 1.95. The molecule has 1 amide bonds. The molecule has 1 fully saturated rings. The lowest BCUT2D eigenvalue weighted by molar-refractivity contribution is -0.131. The third-order valence-corrected chi connectivity index (χ3v) is 4.38. The van der Waals surface area contributed by atoms with Gasteiger partial charge in [-0.1, -0.05) is 12.1 Å². The fraction of sp³-hybridized carbons (Fsp3) is 0.588. The number of carbonyl (C=O) groups excluding carboxylic acids is 1. The first kappa shape index (κ1) is 18.0. The summed E-state index contributed by atoms with van der Waals surface area (Å²) in [5.74, 6) is 0.575. The maximum absolute atomic E-state index is 12.1. The van der Waals surface area contributed by atoms with Crippen LogP contribution in [0.1, 0.15) is 24.8 Å². The standard InChI is InChI=1S/C17H24ClNO4/c1-22-15-5-3-14(4-6-15)12-19(16(20)11-18)9-8-17(21)7-2-10-23-13-17/h3-6,21H,2,7-13H2,1H3. The van der Waals surface area contributed by atoms with Crippen molar-refractivity contribution in [2.24, 2.45) is 0 Å². The molecule has 5 nitrogen and oxygen atoms in total. The number of carbonyl (C=O) groups is 1. The highest BCUT2D eigenvalue weighted by molar-refractivity contribution is 6.27. The molecule has 0 aromatic heterocycles. The highest BCUT2D eigenvalue weighted by Gasteiger charge is 2.31. The van der Waals surface area contributed by atoms with E-state index in [1.54, 1.807) is 12.0 Å². The van der Waals surface area contributed by atoms with Crippen molar-refractivity contribution in [3.8, 4) is 5.75 Å². The smallest absolute Gasteiger partial charge is 0.237 e. The van der Waals surface area contributed by atoms with E-state index < -0.39 is 5.60 Å². The van der Waals surface area contributed by atoms with Gasteiger partial charge in [-0.25, -0.2) is 0 Å². The third-order valence-electron chi connectivity index (χ3n) is 4.15. The molecule has 1 aliphatic heterocycles. The molecule has 128 valence electrons. The Morgan fingerprint density at radius 1 is 1.43 bits per heavy atom.